The maximum atomic E-state index is 3.60. The van der Waals surface area contributed by atoms with Gasteiger partial charge in [-0.05, 0) is 38.4 Å². The summed E-state index contributed by atoms with van der Waals surface area (Å²) in [4.78, 5) is 2.52. The Kier molecular flexibility index (Phi) is 4.74. The molecule has 0 amide bonds. The Labute approximate surface area is 82.7 Å². The lowest BCUT2D eigenvalue weighted by Crippen LogP contribution is -2.42. The second kappa shape index (κ2) is 5.61. The third-order valence-electron chi connectivity index (χ3n) is 3.01. The fourth-order valence-electron chi connectivity index (χ4n) is 1.90. The summed E-state index contributed by atoms with van der Waals surface area (Å²) in [5.41, 5.74) is 0. The molecule has 0 spiro atoms. The predicted molar refractivity (Wildman–Crippen MR) is 58.0 cm³/mol. The van der Waals surface area contributed by atoms with Gasteiger partial charge in [0.05, 0.1) is 0 Å². The summed E-state index contributed by atoms with van der Waals surface area (Å²) in [5.74, 6) is 0.973. The van der Waals surface area contributed by atoms with Crippen LogP contribution in [0, 0.1) is 5.92 Å². The molecule has 0 aromatic heterocycles. The van der Waals surface area contributed by atoms with Gasteiger partial charge < -0.3 is 10.2 Å². The zero-order valence-corrected chi connectivity index (χ0v) is 9.34. The number of nitrogens with zero attached hydrogens (tertiary/aromatic N) is 1. The molecule has 1 aliphatic rings. The Balaban J connectivity index is 2.27. The summed E-state index contributed by atoms with van der Waals surface area (Å²) in [6.07, 6.45) is 2.89. The Bertz CT molecular complexity index is 128. The topological polar surface area (TPSA) is 15.3 Å². The molecule has 1 unspecified atom stereocenters. The molecular formula is C11H24N2. The van der Waals surface area contributed by atoms with Crippen molar-refractivity contribution < 1.29 is 0 Å². The zero-order valence-electron chi connectivity index (χ0n) is 9.34. The van der Waals surface area contributed by atoms with Crippen molar-refractivity contribution in [1.82, 2.24) is 10.2 Å². The van der Waals surface area contributed by atoms with Gasteiger partial charge in [-0.1, -0.05) is 20.8 Å². The van der Waals surface area contributed by atoms with Crippen LogP contribution in [0.3, 0.4) is 0 Å². The first kappa shape index (κ1) is 11.0. The molecule has 78 valence electrons. The highest BCUT2D eigenvalue weighted by molar-refractivity contribution is 4.87. The maximum absolute atomic E-state index is 3.60. The summed E-state index contributed by atoms with van der Waals surface area (Å²) >= 11 is 0. The number of hydrogen-bond donors (Lipinski definition) is 1. The van der Waals surface area contributed by atoms with E-state index in [-0.39, 0.29) is 0 Å². The maximum Gasteiger partial charge on any atom is 0.0223 e. The molecule has 0 aliphatic heterocycles. The van der Waals surface area contributed by atoms with Gasteiger partial charge in [0.15, 0.2) is 0 Å². The van der Waals surface area contributed by atoms with Gasteiger partial charge >= 0.3 is 0 Å². The van der Waals surface area contributed by atoms with Crippen LogP contribution in [0.25, 0.3) is 0 Å². The third-order valence-corrected chi connectivity index (χ3v) is 3.01. The lowest BCUT2D eigenvalue weighted by Gasteiger charge is -2.25. The van der Waals surface area contributed by atoms with Gasteiger partial charge in [-0.2, -0.15) is 0 Å². The van der Waals surface area contributed by atoms with Crippen LogP contribution in [0.4, 0.5) is 0 Å². The Hall–Kier alpha value is -0.0800. The van der Waals surface area contributed by atoms with E-state index in [0.717, 1.165) is 18.5 Å². The van der Waals surface area contributed by atoms with Crippen molar-refractivity contribution in [2.24, 2.45) is 5.92 Å². The normalized spacial score (nSPS) is 19.4. The van der Waals surface area contributed by atoms with E-state index in [2.05, 4.69) is 31.0 Å². The quantitative estimate of drug-likeness (QED) is 0.648. The van der Waals surface area contributed by atoms with E-state index in [1.807, 2.05) is 0 Å². The molecule has 0 radical (unpaired) electrons. The average Bonchev–Trinajstić information content (AvgIpc) is 2.95. The highest BCUT2D eigenvalue weighted by Gasteiger charge is 2.31. The van der Waals surface area contributed by atoms with Gasteiger partial charge in [0.1, 0.15) is 0 Å². The summed E-state index contributed by atoms with van der Waals surface area (Å²) in [5, 5.41) is 3.60. The van der Waals surface area contributed by atoms with Crippen LogP contribution in [0.2, 0.25) is 0 Å². The van der Waals surface area contributed by atoms with Gasteiger partial charge in [-0.25, -0.2) is 0 Å². The largest absolute Gasteiger partial charge is 0.313 e. The minimum atomic E-state index is 0.755. The first-order valence-electron chi connectivity index (χ1n) is 5.77. The number of nitrogens with one attached hydrogen (secondary N) is 1. The molecule has 0 saturated heterocycles. The molecular weight excluding hydrogens is 160 g/mol. The lowest BCUT2D eigenvalue weighted by atomic mass is 10.1. The molecule has 2 nitrogen and oxygen atoms in total. The van der Waals surface area contributed by atoms with Gasteiger partial charge in [-0.3, -0.25) is 0 Å². The second-order valence-electron chi connectivity index (χ2n) is 3.99. The minimum absolute atomic E-state index is 0.755. The van der Waals surface area contributed by atoms with Crippen LogP contribution >= 0.6 is 0 Å². The molecule has 1 fully saturated rings. The predicted octanol–water partition coefficient (Wildman–Crippen LogP) is 1.72. The highest BCUT2D eigenvalue weighted by atomic mass is 15.1. The van der Waals surface area contributed by atoms with Crippen molar-refractivity contribution >= 4 is 0 Å². The number of rotatable bonds is 7. The summed E-state index contributed by atoms with van der Waals surface area (Å²) in [6, 6.07) is 0.755. The van der Waals surface area contributed by atoms with Crippen molar-refractivity contribution in [3.63, 3.8) is 0 Å². The van der Waals surface area contributed by atoms with Crippen molar-refractivity contribution in [3.05, 3.63) is 0 Å². The van der Waals surface area contributed by atoms with E-state index in [1.54, 1.807) is 0 Å². The van der Waals surface area contributed by atoms with Gasteiger partial charge in [0.2, 0.25) is 0 Å². The van der Waals surface area contributed by atoms with Crippen LogP contribution in [0.1, 0.15) is 33.6 Å². The molecule has 0 heterocycles. The highest BCUT2D eigenvalue weighted by Crippen LogP contribution is 2.32. The molecule has 13 heavy (non-hydrogen) atoms. The molecule has 0 aromatic carbocycles. The van der Waals surface area contributed by atoms with Gasteiger partial charge in [-0.15, -0.1) is 0 Å². The van der Waals surface area contributed by atoms with Crippen molar-refractivity contribution in [2.45, 2.75) is 39.7 Å². The van der Waals surface area contributed by atoms with Crippen LogP contribution in [-0.4, -0.2) is 37.1 Å². The van der Waals surface area contributed by atoms with Crippen molar-refractivity contribution in [2.75, 3.05) is 26.2 Å². The fourth-order valence-corrected chi connectivity index (χ4v) is 1.90. The zero-order chi connectivity index (χ0) is 9.68. The van der Waals surface area contributed by atoms with E-state index in [9.17, 15) is 0 Å². The van der Waals surface area contributed by atoms with E-state index in [4.69, 9.17) is 0 Å². The van der Waals surface area contributed by atoms with E-state index >= 15 is 0 Å². The first-order valence-corrected chi connectivity index (χ1v) is 5.77. The summed E-state index contributed by atoms with van der Waals surface area (Å²) in [7, 11) is 0. The molecule has 2 heteroatoms. The monoisotopic (exact) mass is 184 g/mol. The van der Waals surface area contributed by atoms with E-state index < -0.39 is 0 Å². The van der Waals surface area contributed by atoms with E-state index in [1.165, 1.54) is 32.5 Å². The molecule has 1 aliphatic carbocycles. The van der Waals surface area contributed by atoms with Crippen LogP contribution in [0.5, 0.6) is 0 Å². The van der Waals surface area contributed by atoms with Gasteiger partial charge in [0, 0.05) is 12.6 Å². The SMILES string of the molecule is CCNC(CN(CC)CC)C1CC1. The Morgan fingerprint density at radius 3 is 2.23 bits per heavy atom. The first-order chi connectivity index (χ1) is 6.31. The average molecular weight is 184 g/mol. The number of likely N-dealkylation sites (N-methyl/N-ethyl adjacent to an activating group) is 2. The molecule has 0 bridgehead atoms. The summed E-state index contributed by atoms with van der Waals surface area (Å²) < 4.78 is 0. The van der Waals surface area contributed by atoms with Crippen LogP contribution in [-0.2, 0) is 0 Å². The van der Waals surface area contributed by atoms with Gasteiger partial charge in [0.25, 0.3) is 0 Å². The van der Waals surface area contributed by atoms with E-state index in [0.29, 0.717) is 0 Å². The smallest absolute Gasteiger partial charge is 0.0223 e. The molecule has 1 atom stereocenters. The Morgan fingerprint density at radius 1 is 1.23 bits per heavy atom. The van der Waals surface area contributed by atoms with Crippen molar-refractivity contribution in [3.8, 4) is 0 Å². The molecule has 1 N–H and O–H groups in total. The standard InChI is InChI=1S/C11H24N2/c1-4-12-11(10-7-8-10)9-13(5-2)6-3/h10-12H,4-9H2,1-3H3. The minimum Gasteiger partial charge on any atom is -0.313 e. The van der Waals surface area contributed by atoms with Crippen LogP contribution < -0.4 is 5.32 Å². The second-order valence-corrected chi connectivity index (χ2v) is 3.99. The van der Waals surface area contributed by atoms with Crippen LogP contribution in [0.15, 0.2) is 0 Å². The van der Waals surface area contributed by atoms with Crippen molar-refractivity contribution in [1.29, 1.82) is 0 Å². The molecule has 1 rings (SSSR count). The Morgan fingerprint density at radius 2 is 1.85 bits per heavy atom. The number of hydrogen-bond acceptors (Lipinski definition) is 2. The molecule has 1 saturated carbocycles. The fraction of sp³-hybridized carbons (Fsp3) is 1.00. The molecule has 0 aromatic rings. The summed E-state index contributed by atoms with van der Waals surface area (Å²) in [6.45, 7) is 11.4. The third kappa shape index (κ3) is 3.65. The lowest BCUT2D eigenvalue weighted by molar-refractivity contribution is 0.253.